The fourth-order valence-electron chi connectivity index (χ4n) is 5.69. The van der Waals surface area contributed by atoms with Gasteiger partial charge in [0, 0.05) is 12.8 Å². The van der Waals surface area contributed by atoms with Crippen LogP contribution in [0.25, 0.3) is 0 Å². The summed E-state index contributed by atoms with van der Waals surface area (Å²) in [6.45, 7) is 2.37. The first-order valence-corrected chi connectivity index (χ1v) is 22.1. The quantitative estimate of drug-likeness (QED) is 0.0240. The number of hydrogen-bond donors (Lipinski definition) is 3. The maximum absolute atomic E-state index is 12.6. The highest BCUT2D eigenvalue weighted by Crippen LogP contribution is 2.43. The fourth-order valence-corrected chi connectivity index (χ4v) is 6.48. The van der Waals surface area contributed by atoms with Crippen molar-refractivity contribution in [3.8, 4) is 0 Å². The van der Waals surface area contributed by atoms with E-state index in [-0.39, 0.29) is 19.4 Å². The Morgan fingerprint density at radius 3 is 1.41 bits per heavy atom. The first-order chi connectivity index (χ1) is 24.7. The topological polar surface area (TPSA) is 149 Å². The van der Waals surface area contributed by atoms with Gasteiger partial charge in [-0.05, 0) is 38.5 Å². The monoisotopic (exact) mass is 749 g/mol. The van der Waals surface area contributed by atoms with Gasteiger partial charge in [-0.25, -0.2) is 4.57 Å². The van der Waals surface area contributed by atoms with Gasteiger partial charge in [-0.2, -0.15) is 0 Å². The zero-order valence-corrected chi connectivity index (χ0v) is 33.5. The molecule has 0 bridgehead atoms. The third kappa shape index (κ3) is 36.8. The molecule has 0 aromatic carbocycles. The highest BCUT2D eigenvalue weighted by atomic mass is 31.2. The van der Waals surface area contributed by atoms with Crippen LogP contribution in [-0.2, 0) is 32.7 Å². The highest BCUT2D eigenvalue weighted by molar-refractivity contribution is 7.47. The van der Waals surface area contributed by atoms with E-state index in [0.717, 1.165) is 51.4 Å². The highest BCUT2D eigenvalue weighted by Gasteiger charge is 2.27. The largest absolute Gasteiger partial charge is 0.472 e. The maximum Gasteiger partial charge on any atom is 0.472 e. The number of hydrogen-bond acceptors (Lipinski definition) is 9. The first kappa shape index (κ1) is 49.7. The van der Waals surface area contributed by atoms with Gasteiger partial charge < -0.3 is 24.6 Å². The number of allylic oxidation sites excluding steroid dienone is 2. The summed E-state index contributed by atoms with van der Waals surface area (Å²) in [5, 5.41) is 18.3. The molecule has 0 aliphatic heterocycles. The van der Waals surface area contributed by atoms with Gasteiger partial charge in [0.15, 0.2) is 6.10 Å². The van der Waals surface area contributed by atoms with E-state index in [1.165, 1.54) is 103 Å². The lowest BCUT2D eigenvalue weighted by Crippen LogP contribution is -2.29. The van der Waals surface area contributed by atoms with Crippen LogP contribution in [0.1, 0.15) is 194 Å². The van der Waals surface area contributed by atoms with Crippen LogP contribution in [0.15, 0.2) is 12.2 Å². The summed E-state index contributed by atoms with van der Waals surface area (Å²) in [5.41, 5.74) is 0. The molecule has 0 aliphatic carbocycles. The van der Waals surface area contributed by atoms with Crippen LogP contribution in [0.2, 0.25) is 0 Å². The molecule has 51 heavy (non-hydrogen) atoms. The van der Waals surface area contributed by atoms with Crippen molar-refractivity contribution in [3.63, 3.8) is 0 Å². The average Bonchev–Trinajstić information content (AvgIpc) is 3.12. The zero-order valence-electron chi connectivity index (χ0n) is 32.6. The van der Waals surface area contributed by atoms with E-state index in [2.05, 4.69) is 30.5 Å². The van der Waals surface area contributed by atoms with Gasteiger partial charge in [-0.3, -0.25) is 18.6 Å². The van der Waals surface area contributed by atoms with Crippen molar-refractivity contribution < 1.29 is 47.8 Å². The number of esters is 2. The molecule has 11 heteroatoms. The predicted octanol–water partition coefficient (Wildman–Crippen LogP) is 10.4. The van der Waals surface area contributed by atoms with Crippen LogP contribution >= 0.6 is 7.82 Å². The molecule has 0 heterocycles. The minimum Gasteiger partial charge on any atom is -0.462 e. The van der Waals surface area contributed by atoms with Gasteiger partial charge in [0.2, 0.25) is 0 Å². The molecule has 0 radical (unpaired) electrons. The van der Waals surface area contributed by atoms with E-state index >= 15 is 0 Å². The lowest BCUT2D eigenvalue weighted by Gasteiger charge is -2.20. The lowest BCUT2D eigenvalue weighted by molar-refractivity contribution is -0.161. The Balaban J connectivity index is 4.31. The number of carbonyl (C=O) groups is 2. The molecule has 0 saturated carbocycles. The molecular weight excluding hydrogens is 671 g/mol. The van der Waals surface area contributed by atoms with E-state index in [4.69, 9.17) is 19.1 Å². The fraction of sp³-hybridized carbons (Fsp3) is 0.900. The van der Waals surface area contributed by atoms with Crippen LogP contribution in [0.5, 0.6) is 0 Å². The zero-order chi connectivity index (χ0) is 37.7. The summed E-state index contributed by atoms with van der Waals surface area (Å²) in [5.74, 6) is -0.927. The molecule has 0 rings (SSSR count). The second-order valence-electron chi connectivity index (χ2n) is 14.0. The predicted molar refractivity (Wildman–Crippen MR) is 205 cm³/mol. The summed E-state index contributed by atoms with van der Waals surface area (Å²) >= 11 is 0. The third-order valence-corrected chi connectivity index (χ3v) is 9.87. The Morgan fingerprint density at radius 1 is 0.569 bits per heavy atom. The normalized spacial score (nSPS) is 14.1. The molecule has 0 aromatic rings. The average molecular weight is 749 g/mol. The minimum atomic E-state index is -4.61. The van der Waals surface area contributed by atoms with Crippen LogP contribution in [0.3, 0.4) is 0 Å². The number of unbranched alkanes of at least 4 members (excludes halogenated alkanes) is 23. The van der Waals surface area contributed by atoms with Gasteiger partial charge in [0.1, 0.15) is 12.7 Å². The van der Waals surface area contributed by atoms with Crippen molar-refractivity contribution in [1.82, 2.24) is 0 Å². The summed E-state index contributed by atoms with van der Waals surface area (Å²) in [6.07, 6.45) is 33.2. The van der Waals surface area contributed by atoms with Crippen molar-refractivity contribution in [3.05, 3.63) is 12.2 Å². The van der Waals surface area contributed by atoms with E-state index in [1.54, 1.807) is 0 Å². The minimum absolute atomic E-state index is 0.188. The lowest BCUT2D eigenvalue weighted by atomic mass is 10.0. The molecular formula is C40H77O10P. The van der Waals surface area contributed by atoms with Crippen molar-refractivity contribution in [2.75, 3.05) is 26.4 Å². The van der Waals surface area contributed by atoms with Crippen molar-refractivity contribution >= 4 is 19.8 Å². The Bertz CT molecular complexity index is 868. The second kappa shape index (κ2) is 37.0. The SMILES string of the molecule is CCCCCCCC/C=C\CCCCCCCC(=O)OC[C@H](COP(=O)(O)OC[C@@H](O)CO)OC(=O)CCCCCCCCCCCCCCC. The summed E-state index contributed by atoms with van der Waals surface area (Å²) in [6, 6.07) is 0. The first-order valence-electron chi connectivity index (χ1n) is 20.6. The van der Waals surface area contributed by atoms with Crippen LogP contribution in [0.4, 0.5) is 0 Å². The number of phosphoric ester groups is 1. The number of ether oxygens (including phenoxy) is 2. The van der Waals surface area contributed by atoms with Crippen LogP contribution in [0, 0.1) is 0 Å². The molecule has 0 spiro atoms. The Labute approximate surface area is 311 Å². The Kier molecular flexibility index (Phi) is 36.1. The standard InChI is InChI=1S/C40H77O10P/c1-3-5-7-9-11-13-15-17-18-20-21-23-25-27-29-31-39(43)47-35-38(36-49-51(45,46)48-34-37(42)33-41)50-40(44)32-30-28-26-24-22-19-16-14-12-10-8-6-4-2/h17-18,37-38,41-42H,3-16,19-36H2,1-2H3,(H,45,46)/b18-17-/t37-,38+/m0/s1. The van der Waals surface area contributed by atoms with Crippen LogP contribution < -0.4 is 0 Å². The van der Waals surface area contributed by atoms with Crippen molar-refractivity contribution in [1.29, 1.82) is 0 Å². The number of rotatable bonds is 39. The van der Waals surface area contributed by atoms with Gasteiger partial charge in [0.25, 0.3) is 0 Å². The number of phosphoric acid groups is 1. The molecule has 0 aromatic heterocycles. The number of aliphatic hydroxyl groups excluding tert-OH is 2. The van der Waals surface area contributed by atoms with Crippen molar-refractivity contribution in [2.45, 2.75) is 206 Å². The van der Waals surface area contributed by atoms with Crippen LogP contribution in [-0.4, -0.2) is 65.7 Å². The summed E-state index contributed by atoms with van der Waals surface area (Å²) in [4.78, 5) is 34.9. The number of carbonyl (C=O) groups excluding carboxylic acids is 2. The smallest absolute Gasteiger partial charge is 0.462 e. The third-order valence-electron chi connectivity index (χ3n) is 8.92. The molecule has 302 valence electrons. The molecule has 0 amide bonds. The second-order valence-corrected chi connectivity index (χ2v) is 15.5. The van der Waals surface area contributed by atoms with E-state index < -0.39 is 51.8 Å². The molecule has 3 atom stereocenters. The molecule has 10 nitrogen and oxygen atoms in total. The molecule has 1 unspecified atom stereocenters. The molecule has 0 saturated heterocycles. The van der Waals surface area contributed by atoms with Gasteiger partial charge >= 0.3 is 19.8 Å². The van der Waals surface area contributed by atoms with Gasteiger partial charge in [-0.15, -0.1) is 0 Å². The van der Waals surface area contributed by atoms with E-state index in [9.17, 15) is 24.2 Å². The van der Waals surface area contributed by atoms with E-state index in [0.29, 0.717) is 12.8 Å². The molecule has 3 N–H and O–H groups in total. The van der Waals surface area contributed by atoms with Gasteiger partial charge in [-0.1, -0.05) is 154 Å². The Hall–Kier alpha value is -1.29. The molecule has 0 fully saturated rings. The maximum atomic E-state index is 12.6. The van der Waals surface area contributed by atoms with Gasteiger partial charge in [0.05, 0.1) is 19.8 Å². The molecule has 0 aliphatic rings. The summed E-state index contributed by atoms with van der Waals surface area (Å²) in [7, 11) is -4.61. The Morgan fingerprint density at radius 2 is 0.961 bits per heavy atom. The van der Waals surface area contributed by atoms with Crippen molar-refractivity contribution in [2.24, 2.45) is 0 Å². The number of aliphatic hydroxyl groups is 2. The summed E-state index contributed by atoms with van der Waals surface area (Å²) < 4.78 is 32.6. The van der Waals surface area contributed by atoms with E-state index in [1.807, 2.05) is 0 Å².